The predicted molar refractivity (Wildman–Crippen MR) is 51.2 cm³/mol. The van der Waals surface area contributed by atoms with Crippen molar-refractivity contribution in [1.82, 2.24) is 0 Å². The molecule has 0 radical (unpaired) electrons. The van der Waals surface area contributed by atoms with Crippen LogP contribution in [0.3, 0.4) is 0 Å². The van der Waals surface area contributed by atoms with Crippen LogP contribution in [0.25, 0.3) is 0 Å². The van der Waals surface area contributed by atoms with Crippen LogP contribution in [0.4, 0.5) is 0 Å². The second-order valence-electron chi connectivity index (χ2n) is 2.12. The van der Waals surface area contributed by atoms with Crippen molar-refractivity contribution in [3.63, 3.8) is 0 Å². The average Bonchev–Trinajstić information content (AvgIpc) is 2.10. The van der Waals surface area contributed by atoms with Crippen LogP contribution in [0.5, 0.6) is 0 Å². The van der Waals surface area contributed by atoms with Crippen LogP contribution in [-0.4, -0.2) is 26.4 Å². The molecule has 0 N–H and O–H groups in total. The van der Waals surface area contributed by atoms with Gasteiger partial charge in [0.25, 0.3) is 0 Å². The first-order valence-corrected chi connectivity index (χ1v) is 3.94. The van der Waals surface area contributed by atoms with Crippen molar-refractivity contribution >= 4 is 0 Å². The molecule has 0 fully saturated rings. The molecule has 0 saturated carbocycles. The van der Waals surface area contributed by atoms with E-state index in [9.17, 15) is 0 Å². The molecule has 0 aliphatic carbocycles. The summed E-state index contributed by atoms with van der Waals surface area (Å²) in [6, 6.07) is 0. The maximum atomic E-state index is 5.11. The fourth-order valence-electron chi connectivity index (χ4n) is 0.575. The first-order chi connectivity index (χ1) is 5.91. The predicted octanol–water partition coefficient (Wildman–Crippen LogP) is 1.95. The van der Waals surface area contributed by atoms with E-state index in [-0.39, 0.29) is 0 Å². The third-order valence-electron chi connectivity index (χ3n) is 1.07. The SMILES string of the molecule is C=CCOCC=CCOCC=C. The van der Waals surface area contributed by atoms with E-state index < -0.39 is 0 Å². The molecule has 0 aromatic heterocycles. The van der Waals surface area contributed by atoms with Gasteiger partial charge >= 0.3 is 0 Å². The van der Waals surface area contributed by atoms with Gasteiger partial charge in [-0.25, -0.2) is 0 Å². The zero-order chi connectivity index (χ0) is 9.07. The summed E-state index contributed by atoms with van der Waals surface area (Å²) >= 11 is 0. The molecular weight excluding hydrogens is 152 g/mol. The highest BCUT2D eigenvalue weighted by Crippen LogP contribution is 1.81. The minimum absolute atomic E-state index is 0.595. The third-order valence-corrected chi connectivity index (χ3v) is 1.07. The zero-order valence-corrected chi connectivity index (χ0v) is 7.37. The van der Waals surface area contributed by atoms with E-state index in [0.717, 1.165) is 0 Å². The molecule has 68 valence electrons. The summed E-state index contributed by atoms with van der Waals surface area (Å²) in [7, 11) is 0. The van der Waals surface area contributed by atoms with Crippen molar-refractivity contribution in [2.75, 3.05) is 26.4 Å². The molecule has 0 rings (SSSR count). The van der Waals surface area contributed by atoms with Gasteiger partial charge in [-0.05, 0) is 0 Å². The van der Waals surface area contributed by atoms with E-state index in [1.165, 1.54) is 0 Å². The fraction of sp³-hybridized carbons (Fsp3) is 0.400. The molecule has 0 saturated heterocycles. The highest BCUT2D eigenvalue weighted by Gasteiger charge is 1.78. The summed E-state index contributed by atoms with van der Waals surface area (Å²) in [5.74, 6) is 0. The number of hydrogen-bond acceptors (Lipinski definition) is 2. The van der Waals surface area contributed by atoms with Crippen LogP contribution in [0.1, 0.15) is 0 Å². The van der Waals surface area contributed by atoms with Crippen molar-refractivity contribution in [1.29, 1.82) is 0 Å². The molecule has 0 bridgehead atoms. The van der Waals surface area contributed by atoms with Gasteiger partial charge in [-0.3, -0.25) is 0 Å². The maximum Gasteiger partial charge on any atom is 0.0652 e. The Bertz CT molecular complexity index is 123. The molecule has 0 aromatic carbocycles. The van der Waals surface area contributed by atoms with Crippen molar-refractivity contribution < 1.29 is 9.47 Å². The number of rotatable bonds is 8. The van der Waals surface area contributed by atoms with Gasteiger partial charge < -0.3 is 9.47 Å². The fourth-order valence-corrected chi connectivity index (χ4v) is 0.575. The monoisotopic (exact) mass is 168 g/mol. The van der Waals surface area contributed by atoms with Gasteiger partial charge in [-0.15, -0.1) is 13.2 Å². The highest BCUT2D eigenvalue weighted by molar-refractivity contribution is 4.82. The van der Waals surface area contributed by atoms with Crippen molar-refractivity contribution in [2.45, 2.75) is 0 Å². The molecule has 0 unspecified atom stereocenters. The van der Waals surface area contributed by atoms with E-state index in [4.69, 9.17) is 9.47 Å². The first kappa shape index (κ1) is 11.1. The van der Waals surface area contributed by atoms with Gasteiger partial charge in [-0.1, -0.05) is 24.3 Å². The Morgan fingerprint density at radius 3 is 1.50 bits per heavy atom. The summed E-state index contributed by atoms with van der Waals surface area (Å²) in [6.45, 7) is 9.49. The minimum Gasteiger partial charge on any atom is -0.373 e. The van der Waals surface area contributed by atoms with E-state index in [2.05, 4.69) is 13.2 Å². The van der Waals surface area contributed by atoms with E-state index in [1.54, 1.807) is 12.2 Å². The molecule has 0 aromatic rings. The Morgan fingerprint density at radius 1 is 0.750 bits per heavy atom. The van der Waals surface area contributed by atoms with E-state index >= 15 is 0 Å². The van der Waals surface area contributed by atoms with E-state index in [1.807, 2.05) is 12.2 Å². The van der Waals surface area contributed by atoms with Crippen LogP contribution in [-0.2, 0) is 9.47 Å². The summed E-state index contributed by atoms with van der Waals surface area (Å²) in [6.07, 6.45) is 7.29. The average molecular weight is 168 g/mol. The second-order valence-corrected chi connectivity index (χ2v) is 2.12. The third kappa shape index (κ3) is 9.14. The van der Waals surface area contributed by atoms with Gasteiger partial charge in [0.15, 0.2) is 0 Å². The molecule has 2 heteroatoms. The minimum atomic E-state index is 0.595. The first-order valence-electron chi connectivity index (χ1n) is 3.94. The molecule has 12 heavy (non-hydrogen) atoms. The maximum absolute atomic E-state index is 5.11. The van der Waals surface area contributed by atoms with Gasteiger partial charge in [0.05, 0.1) is 26.4 Å². The smallest absolute Gasteiger partial charge is 0.0652 e. The molecule has 0 amide bonds. The van der Waals surface area contributed by atoms with Gasteiger partial charge in [0.2, 0.25) is 0 Å². The lowest BCUT2D eigenvalue weighted by molar-refractivity contribution is 0.185. The molecule has 0 aliphatic heterocycles. The Hall–Kier alpha value is -0.860. The quantitative estimate of drug-likeness (QED) is 0.407. The Labute approximate surface area is 74.2 Å². The zero-order valence-electron chi connectivity index (χ0n) is 7.37. The van der Waals surface area contributed by atoms with Gasteiger partial charge in [-0.2, -0.15) is 0 Å². The van der Waals surface area contributed by atoms with Crippen molar-refractivity contribution in [3.8, 4) is 0 Å². The number of hydrogen-bond donors (Lipinski definition) is 0. The van der Waals surface area contributed by atoms with Crippen LogP contribution >= 0.6 is 0 Å². The summed E-state index contributed by atoms with van der Waals surface area (Å²) in [4.78, 5) is 0. The molecule has 2 nitrogen and oxygen atoms in total. The second kappa shape index (κ2) is 10.1. The lowest BCUT2D eigenvalue weighted by Gasteiger charge is -1.95. The Balaban J connectivity index is 3.02. The Morgan fingerprint density at radius 2 is 1.17 bits per heavy atom. The van der Waals surface area contributed by atoms with Crippen LogP contribution < -0.4 is 0 Å². The normalized spacial score (nSPS) is 10.3. The standard InChI is InChI=1S/C10H16O2/c1-3-7-11-9-5-6-10-12-8-4-2/h3-6H,1-2,7-10H2. The molecule has 0 aliphatic rings. The van der Waals surface area contributed by atoms with Crippen LogP contribution in [0.15, 0.2) is 37.5 Å². The largest absolute Gasteiger partial charge is 0.373 e. The van der Waals surface area contributed by atoms with Crippen molar-refractivity contribution in [3.05, 3.63) is 37.5 Å². The summed E-state index contributed by atoms with van der Waals surface area (Å²) in [5.41, 5.74) is 0. The lowest BCUT2D eigenvalue weighted by Crippen LogP contribution is -1.92. The topological polar surface area (TPSA) is 18.5 Å². The van der Waals surface area contributed by atoms with Gasteiger partial charge in [0, 0.05) is 0 Å². The number of ether oxygens (including phenoxy) is 2. The van der Waals surface area contributed by atoms with E-state index in [0.29, 0.717) is 26.4 Å². The van der Waals surface area contributed by atoms with Crippen molar-refractivity contribution in [2.24, 2.45) is 0 Å². The molecule has 0 spiro atoms. The van der Waals surface area contributed by atoms with Crippen LogP contribution in [0.2, 0.25) is 0 Å². The van der Waals surface area contributed by atoms with Gasteiger partial charge in [0.1, 0.15) is 0 Å². The van der Waals surface area contributed by atoms with Crippen LogP contribution in [0, 0.1) is 0 Å². The summed E-state index contributed by atoms with van der Waals surface area (Å²) in [5, 5.41) is 0. The Kier molecular flexibility index (Phi) is 9.41. The molecule has 0 heterocycles. The molecule has 0 atom stereocenters. The molecular formula is C10H16O2. The highest BCUT2D eigenvalue weighted by atomic mass is 16.5. The summed E-state index contributed by atoms with van der Waals surface area (Å²) < 4.78 is 10.2. The lowest BCUT2D eigenvalue weighted by atomic mass is 10.5.